The SMILES string of the molecule is CO/C=C/C1C(=O)OC(C)(C)OC1=O. The van der Waals surface area contributed by atoms with Crippen LogP contribution in [0.5, 0.6) is 0 Å². The maximum absolute atomic E-state index is 11.3. The van der Waals surface area contributed by atoms with Gasteiger partial charge in [0, 0.05) is 13.8 Å². The lowest BCUT2D eigenvalue weighted by molar-refractivity contribution is -0.237. The van der Waals surface area contributed by atoms with E-state index < -0.39 is 23.6 Å². The molecule has 5 nitrogen and oxygen atoms in total. The quantitative estimate of drug-likeness (QED) is 0.371. The number of methoxy groups -OCH3 is 1. The minimum atomic E-state index is -1.18. The van der Waals surface area contributed by atoms with E-state index in [-0.39, 0.29) is 0 Å². The monoisotopic (exact) mass is 200 g/mol. The lowest BCUT2D eigenvalue weighted by Gasteiger charge is -2.31. The highest BCUT2D eigenvalue weighted by Crippen LogP contribution is 2.23. The largest absolute Gasteiger partial charge is 0.505 e. The van der Waals surface area contributed by atoms with Crippen LogP contribution in [0.25, 0.3) is 0 Å². The van der Waals surface area contributed by atoms with Gasteiger partial charge in [-0.05, 0) is 6.08 Å². The third-order valence-electron chi connectivity index (χ3n) is 1.61. The Morgan fingerprint density at radius 2 is 1.79 bits per heavy atom. The molecule has 1 fully saturated rings. The van der Waals surface area contributed by atoms with Gasteiger partial charge < -0.3 is 14.2 Å². The smallest absolute Gasteiger partial charge is 0.327 e. The highest BCUT2D eigenvalue weighted by atomic mass is 16.7. The van der Waals surface area contributed by atoms with E-state index >= 15 is 0 Å². The maximum Gasteiger partial charge on any atom is 0.327 e. The lowest BCUT2D eigenvalue weighted by atomic mass is 10.1. The Hall–Kier alpha value is -1.52. The van der Waals surface area contributed by atoms with E-state index in [0.29, 0.717) is 0 Å². The molecule has 1 aliphatic heterocycles. The molecule has 0 unspecified atom stereocenters. The summed E-state index contributed by atoms with van der Waals surface area (Å²) in [5, 5.41) is 0. The standard InChI is InChI=1S/C9H12O5/c1-9(2)13-7(10)6(4-5-12-3)8(11)14-9/h4-6H,1-3H3/b5-4+. The van der Waals surface area contributed by atoms with Crippen LogP contribution in [0.3, 0.4) is 0 Å². The number of rotatable bonds is 2. The Kier molecular flexibility index (Phi) is 2.78. The second kappa shape index (κ2) is 3.69. The molecule has 0 aliphatic carbocycles. The minimum absolute atomic E-state index is 0.625. The molecule has 1 heterocycles. The Bertz CT molecular complexity index is 259. The first-order valence-electron chi connectivity index (χ1n) is 4.11. The zero-order chi connectivity index (χ0) is 10.8. The zero-order valence-corrected chi connectivity index (χ0v) is 8.27. The summed E-state index contributed by atoms with van der Waals surface area (Å²) in [5.41, 5.74) is 0. The average molecular weight is 200 g/mol. The fourth-order valence-corrected chi connectivity index (χ4v) is 1.04. The molecular weight excluding hydrogens is 188 g/mol. The zero-order valence-electron chi connectivity index (χ0n) is 8.27. The summed E-state index contributed by atoms with van der Waals surface area (Å²) in [6.45, 7) is 3.00. The molecule has 0 atom stereocenters. The molecule has 0 aromatic rings. The van der Waals surface area contributed by atoms with E-state index in [0.717, 1.165) is 0 Å². The van der Waals surface area contributed by atoms with Crippen molar-refractivity contribution in [1.82, 2.24) is 0 Å². The molecule has 1 rings (SSSR count). The van der Waals surface area contributed by atoms with E-state index in [1.54, 1.807) is 0 Å². The summed E-state index contributed by atoms with van der Waals surface area (Å²) in [6, 6.07) is 0. The summed E-state index contributed by atoms with van der Waals surface area (Å²) in [7, 11) is 1.42. The van der Waals surface area contributed by atoms with Gasteiger partial charge in [0.2, 0.25) is 0 Å². The van der Waals surface area contributed by atoms with Crippen molar-refractivity contribution < 1.29 is 23.8 Å². The van der Waals surface area contributed by atoms with Crippen LogP contribution < -0.4 is 0 Å². The number of carbonyl (C=O) groups excluding carboxylic acids is 2. The van der Waals surface area contributed by atoms with Crippen LogP contribution in [0.4, 0.5) is 0 Å². The fourth-order valence-electron chi connectivity index (χ4n) is 1.04. The van der Waals surface area contributed by atoms with E-state index in [2.05, 4.69) is 4.74 Å². The van der Waals surface area contributed by atoms with Crippen LogP contribution in [-0.4, -0.2) is 24.8 Å². The van der Waals surface area contributed by atoms with Gasteiger partial charge in [0.1, 0.15) is 0 Å². The second-order valence-corrected chi connectivity index (χ2v) is 3.28. The van der Waals surface area contributed by atoms with Gasteiger partial charge in [-0.3, -0.25) is 9.59 Å². The first-order valence-corrected chi connectivity index (χ1v) is 4.11. The van der Waals surface area contributed by atoms with Crippen LogP contribution >= 0.6 is 0 Å². The van der Waals surface area contributed by atoms with E-state index in [4.69, 9.17) is 9.47 Å². The van der Waals surface area contributed by atoms with Gasteiger partial charge in [-0.2, -0.15) is 0 Å². The molecule has 1 saturated heterocycles. The Labute approximate surface area is 81.6 Å². The summed E-state index contributed by atoms with van der Waals surface area (Å²) < 4.78 is 14.3. The van der Waals surface area contributed by atoms with Gasteiger partial charge in [-0.15, -0.1) is 0 Å². The van der Waals surface area contributed by atoms with E-state index in [1.807, 2.05) is 0 Å². The average Bonchev–Trinajstić information content (AvgIpc) is 2.00. The first kappa shape index (κ1) is 10.6. The molecule has 0 radical (unpaired) electrons. The first-order chi connectivity index (χ1) is 6.46. The topological polar surface area (TPSA) is 61.8 Å². The molecular formula is C9H12O5. The maximum atomic E-state index is 11.3. The molecule has 14 heavy (non-hydrogen) atoms. The molecule has 1 aliphatic rings. The van der Waals surface area contributed by atoms with Crippen LogP contribution in [0.15, 0.2) is 12.3 Å². The molecule has 0 bridgehead atoms. The van der Waals surface area contributed by atoms with E-state index in [9.17, 15) is 9.59 Å². The van der Waals surface area contributed by atoms with Gasteiger partial charge >= 0.3 is 11.9 Å². The third kappa shape index (κ3) is 2.25. The molecule has 0 aromatic carbocycles. The van der Waals surface area contributed by atoms with Crippen molar-refractivity contribution in [3.8, 4) is 0 Å². The van der Waals surface area contributed by atoms with Gasteiger partial charge in [-0.25, -0.2) is 0 Å². The molecule has 0 saturated carbocycles. The summed E-state index contributed by atoms with van der Waals surface area (Å²) in [4.78, 5) is 22.6. The van der Waals surface area contributed by atoms with E-state index in [1.165, 1.54) is 33.3 Å². The number of esters is 2. The van der Waals surface area contributed by atoms with Crippen LogP contribution in [0, 0.1) is 5.92 Å². The molecule has 0 spiro atoms. The molecule has 78 valence electrons. The molecule has 0 amide bonds. The normalized spacial score (nSPS) is 21.9. The minimum Gasteiger partial charge on any atom is -0.505 e. The lowest BCUT2D eigenvalue weighted by Crippen LogP contribution is -2.45. The Balaban J connectivity index is 2.76. The summed E-state index contributed by atoms with van der Waals surface area (Å²) in [5.74, 6) is -3.45. The number of ether oxygens (including phenoxy) is 3. The number of carbonyl (C=O) groups is 2. The Morgan fingerprint density at radius 1 is 1.29 bits per heavy atom. The van der Waals surface area contributed by atoms with Gasteiger partial charge in [0.25, 0.3) is 5.79 Å². The molecule has 0 aromatic heterocycles. The van der Waals surface area contributed by atoms with Gasteiger partial charge in [0.05, 0.1) is 13.4 Å². The summed E-state index contributed by atoms with van der Waals surface area (Å²) >= 11 is 0. The van der Waals surface area contributed by atoms with Crippen LogP contribution in [0.2, 0.25) is 0 Å². The van der Waals surface area contributed by atoms with Gasteiger partial charge in [-0.1, -0.05) is 0 Å². The fraction of sp³-hybridized carbons (Fsp3) is 0.556. The summed E-state index contributed by atoms with van der Waals surface area (Å²) in [6.07, 6.45) is 2.53. The predicted molar refractivity (Wildman–Crippen MR) is 45.9 cm³/mol. The van der Waals surface area contributed by atoms with Crippen molar-refractivity contribution in [3.05, 3.63) is 12.3 Å². The predicted octanol–water partition coefficient (Wildman–Crippen LogP) is 0.599. The van der Waals surface area contributed by atoms with Crippen molar-refractivity contribution in [2.24, 2.45) is 5.92 Å². The second-order valence-electron chi connectivity index (χ2n) is 3.28. The highest BCUT2D eigenvalue weighted by Gasteiger charge is 2.41. The van der Waals surface area contributed by atoms with Crippen molar-refractivity contribution in [2.45, 2.75) is 19.6 Å². The van der Waals surface area contributed by atoms with Gasteiger partial charge in [0.15, 0.2) is 5.92 Å². The number of hydrogen-bond acceptors (Lipinski definition) is 5. The number of hydrogen-bond donors (Lipinski definition) is 0. The molecule has 0 N–H and O–H groups in total. The van der Waals surface area contributed by atoms with Crippen LogP contribution in [0.1, 0.15) is 13.8 Å². The van der Waals surface area contributed by atoms with Crippen molar-refractivity contribution in [1.29, 1.82) is 0 Å². The molecule has 5 heteroatoms. The number of cyclic esters (lactones) is 2. The Morgan fingerprint density at radius 3 is 2.21 bits per heavy atom. The third-order valence-corrected chi connectivity index (χ3v) is 1.61. The van der Waals surface area contributed by atoms with Crippen molar-refractivity contribution >= 4 is 11.9 Å². The highest BCUT2D eigenvalue weighted by molar-refractivity contribution is 5.98. The van der Waals surface area contributed by atoms with Crippen LogP contribution in [-0.2, 0) is 23.8 Å². The van der Waals surface area contributed by atoms with Crippen molar-refractivity contribution in [2.75, 3.05) is 7.11 Å². The van der Waals surface area contributed by atoms with Crippen molar-refractivity contribution in [3.63, 3.8) is 0 Å².